The van der Waals surface area contributed by atoms with Crippen LogP contribution in [0.5, 0.6) is 0 Å². The smallest absolute Gasteiger partial charge is 0.261 e. The highest BCUT2D eigenvalue weighted by molar-refractivity contribution is 7.90. The van der Waals surface area contributed by atoms with Crippen molar-refractivity contribution in [1.29, 1.82) is 0 Å². The lowest BCUT2D eigenvalue weighted by molar-refractivity contribution is -0.117. The van der Waals surface area contributed by atoms with Crippen LogP contribution in [-0.4, -0.2) is 32.5 Å². The molecule has 2 aromatic rings. The molecule has 0 aliphatic carbocycles. The zero-order valence-electron chi connectivity index (χ0n) is 12.6. The minimum Gasteiger partial charge on any atom is -0.340 e. The maximum atomic E-state index is 12.1. The summed E-state index contributed by atoms with van der Waals surface area (Å²) in [4.78, 5) is 24.6. The van der Waals surface area contributed by atoms with Gasteiger partial charge in [-0.1, -0.05) is 12.1 Å². The highest BCUT2D eigenvalue weighted by atomic mass is 32.2. The Labute approximate surface area is 138 Å². The molecular formula is C15H16N2O4S2. The summed E-state index contributed by atoms with van der Waals surface area (Å²) in [7, 11) is -3.35. The van der Waals surface area contributed by atoms with Crippen LogP contribution in [-0.2, 0) is 14.6 Å². The molecular weight excluding hydrogens is 336 g/mol. The molecule has 1 aromatic carbocycles. The van der Waals surface area contributed by atoms with E-state index in [1.54, 1.807) is 36.6 Å². The zero-order valence-corrected chi connectivity index (χ0v) is 14.2. The van der Waals surface area contributed by atoms with Crippen molar-refractivity contribution < 1.29 is 18.0 Å². The van der Waals surface area contributed by atoms with E-state index < -0.39 is 21.8 Å². The molecule has 2 N–H and O–H groups in total. The van der Waals surface area contributed by atoms with Crippen molar-refractivity contribution in [3.63, 3.8) is 0 Å². The average molecular weight is 352 g/mol. The van der Waals surface area contributed by atoms with Crippen molar-refractivity contribution in [2.45, 2.75) is 17.9 Å². The van der Waals surface area contributed by atoms with Gasteiger partial charge in [0, 0.05) is 11.9 Å². The number of hydrogen-bond donors (Lipinski definition) is 2. The van der Waals surface area contributed by atoms with Gasteiger partial charge in [-0.25, -0.2) is 8.42 Å². The maximum Gasteiger partial charge on any atom is 0.261 e. The number of hydrogen-bond acceptors (Lipinski definition) is 5. The molecule has 0 saturated carbocycles. The molecule has 1 unspecified atom stereocenters. The summed E-state index contributed by atoms with van der Waals surface area (Å²) in [5.74, 6) is -0.756. The molecule has 2 amide bonds. The van der Waals surface area contributed by atoms with Crippen LogP contribution in [0.4, 0.5) is 5.69 Å². The first-order chi connectivity index (χ1) is 10.8. The Kier molecular flexibility index (Phi) is 5.17. The van der Waals surface area contributed by atoms with Gasteiger partial charge in [0.05, 0.1) is 9.77 Å². The molecule has 8 heteroatoms. The number of carbonyl (C=O) groups excluding carboxylic acids is 2. The fraction of sp³-hybridized carbons (Fsp3) is 0.200. The number of carbonyl (C=O) groups is 2. The largest absolute Gasteiger partial charge is 0.340 e. The summed E-state index contributed by atoms with van der Waals surface area (Å²) in [6, 6.07) is 8.61. The van der Waals surface area contributed by atoms with E-state index in [0.29, 0.717) is 10.6 Å². The Hall–Kier alpha value is -2.19. The van der Waals surface area contributed by atoms with Crippen LogP contribution >= 0.6 is 11.3 Å². The Morgan fingerprint density at radius 1 is 1.17 bits per heavy atom. The first-order valence-corrected chi connectivity index (χ1v) is 9.50. The lowest BCUT2D eigenvalue weighted by Gasteiger charge is -2.14. The number of thiophene rings is 1. The van der Waals surface area contributed by atoms with E-state index in [1.807, 2.05) is 0 Å². The monoisotopic (exact) mass is 352 g/mol. The second kappa shape index (κ2) is 6.93. The van der Waals surface area contributed by atoms with E-state index in [1.165, 1.54) is 23.5 Å². The fourth-order valence-corrected chi connectivity index (χ4v) is 3.09. The molecule has 0 saturated heterocycles. The van der Waals surface area contributed by atoms with Crippen LogP contribution in [0.1, 0.15) is 16.6 Å². The number of nitrogens with one attached hydrogen (secondary N) is 2. The average Bonchev–Trinajstić information content (AvgIpc) is 3.00. The quantitative estimate of drug-likeness (QED) is 0.860. The summed E-state index contributed by atoms with van der Waals surface area (Å²) < 4.78 is 23.0. The SMILES string of the molecule is CC(NC(=O)c1cccs1)C(=O)Nc1cccc(S(C)(=O)=O)c1. The van der Waals surface area contributed by atoms with E-state index in [-0.39, 0.29) is 10.8 Å². The van der Waals surface area contributed by atoms with Crippen LogP contribution in [0.25, 0.3) is 0 Å². The van der Waals surface area contributed by atoms with E-state index in [2.05, 4.69) is 10.6 Å². The van der Waals surface area contributed by atoms with Gasteiger partial charge in [-0.05, 0) is 36.6 Å². The van der Waals surface area contributed by atoms with Gasteiger partial charge in [0.15, 0.2) is 9.84 Å². The second-order valence-electron chi connectivity index (χ2n) is 4.96. The first kappa shape index (κ1) is 17.2. The molecule has 1 heterocycles. The number of anilines is 1. The Morgan fingerprint density at radius 3 is 2.52 bits per heavy atom. The predicted molar refractivity (Wildman–Crippen MR) is 89.4 cm³/mol. The standard InChI is InChI=1S/C15H16N2O4S2/c1-10(16-15(19)13-7-4-8-22-13)14(18)17-11-5-3-6-12(9-11)23(2,20)21/h3-10H,1-2H3,(H,16,19)(H,17,18). The molecule has 0 spiro atoms. The number of rotatable bonds is 5. The molecule has 122 valence electrons. The van der Waals surface area contributed by atoms with E-state index in [4.69, 9.17) is 0 Å². The van der Waals surface area contributed by atoms with Gasteiger partial charge in [-0.3, -0.25) is 9.59 Å². The Balaban J connectivity index is 2.03. The molecule has 0 aliphatic heterocycles. The predicted octanol–water partition coefficient (Wildman–Crippen LogP) is 1.91. The number of benzene rings is 1. The van der Waals surface area contributed by atoms with Crippen LogP contribution in [0.2, 0.25) is 0 Å². The molecule has 1 aromatic heterocycles. The highest BCUT2D eigenvalue weighted by Gasteiger charge is 2.17. The van der Waals surface area contributed by atoms with Gasteiger partial charge < -0.3 is 10.6 Å². The van der Waals surface area contributed by atoms with E-state index in [0.717, 1.165) is 6.26 Å². The minimum absolute atomic E-state index is 0.116. The van der Waals surface area contributed by atoms with Crippen molar-refractivity contribution in [2.75, 3.05) is 11.6 Å². The third kappa shape index (κ3) is 4.64. The van der Waals surface area contributed by atoms with E-state index >= 15 is 0 Å². The zero-order chi connectivity index (χ0) is 17.0. The summed E-state index contributed by atoms with van der Waals surface area (Å²) in [6.45, 7) is 1.56. The fourth-order valence-electron chi connectivity index (χ4n) is 1.80. The van der Waals surface area contributed by atoms with Gasteiger partial charge >= 0.3 is 0 Å². The Bertz CT molecular complexity index is 814. The normalized spacial score (nSPS) is 12.4. The topological polar surface area (TPSA) is 92.3 Å². The minimum atomic E-state index is -3.35. The third-order valence-corrected chi connectivity index (χ3v) is 4.99. The highest BCUT2D eigenvalue weighted by Crippen LogP contribution is 2.15. The van der Waals surface area contributed by atoms with Crippen molar-refractivity contribution >= 4 is 38.7 Å². The van der Waals surface area contributed by atoms with Crippen LogP contribution in [0.15, 0.2) is 46.7 Å². The summed E-state index contributed by atoms with van der Waals surface area (Å²) >= 11 is 1.28. The maximum absolute atomic E-state index is 12.1. The lowest BCUT2D eigenvalue weighted by atomic mass is 10.2. The van der Waals surface area contributed by atoms with Gasteiger partial charge in [-0.15, -0.1) is 11.3 Å². The first-order valence-electron chi connectivity index (χ1n) is 6.73. The molecule has 0 bridgehead atoms. The molecule has 23 heavy (non-hydrogen) atoms. The van der Waals surface area contributed by atoms with Gasteiger partial charge in [0.1, 0.15) is 6.04 Å². The number of sulfone groups is 1. The van der Waals surface area contributed by atoms with Crippen molar-refractivity contribution in [1.82, 2.24) is 5.32 Å². The van der Waals surface area contributed by atoms with Crippen molar-refractivity contribution in [3.8, 4) is 0 Å². The van der Waals surface area contributed by atoms with Crippen LogP contribution in [0.3, 0.4) is 0 Å². The molecule has 6 nitrogen and oxygen atoms in total. The van der Waals surface area contributed by atoms with E-state index in [9.17, 15) is 18.0 Å². The molecule has 0 radical (unpaired) electrons. The summed E-state index contributed by atoms with van der Waals surface area (Å²) in [6.07, 6.45) is 1.10. The van der Waals surface area contributed by atoms with Crippen LogP contribution in [0, 0.1) is 0 Å². The summed E-state index contributed by atoms with van der Waals surface area (Å²) in [5.41, 5.74) is 0.357. The molecule has 2 rings (SSSR count). The second-order valence-corrected chi connectivity index (χ2v) is 7.93. The lowest BCUT2D eigenvalue weighted by Crippen LogP contribution is -2.41. The van der Waals surface area contributed by atoms with Gasteiger partial charge in [0.2, 0.25) is 5.91 Å². The van der Waals surface area contributed by atoms with Gasteiger partial charge in [0.25, 0.3) is 5.91 Å². The van der Waals surface area contributed by atoms with Crippen molar-refractivity contribution in [3.05, 3.63) is 46.7 Å². The molecule has 0 fully saturated rings. The number of amides is 2. The molecule has 1 atom stereocenters. The van der Waals surface area contributed by atoms with Gasteiger partial charge in [-0.2, -0.15) is 0 Å². The van der Waals surface area contributed by atoms with Crippen LogP contribution < -0.4 is 10.6 Å². The Morgan fingerprint density at radius 2 is 1.91 bits per heavy atom. The summed E-state index contributed by atoms with van der Waals surface area (Å²) in [5, 5.41) is 6.95. The third-order valence-electron chi connectivity index (χ3n) is 3.02. The van der Waals surface area contributed by atoms with Crippen molar-refractivity contribution in [2.24, 2.45) is 0 Å². The molecule has 0 aliphatic rings.